The fourth-order valence-corrected chi connectivity index (χ4v) is 2.51. The van der Waals surface area contributed by atoms with Crippen molar-refractivity contribution in [2.45, 2.75) is 78.7 Å². The van der Waals surface area contributed by atoms with E-state index >= 15 is 0 Å². The van der Waals surface area contributed by atoms with E-state index in [2.05, 4.69) is 36.5 Å². The van der Waals surface area contributed by atoms with Crippen LogP contribution < -0.4 is 0 Å². The largest absolute Gasteiger partial charge is 0.466 e. The molecule has 3 nitrogen and oxygen atoms in total. The number of aliphatic hydroxyl groups is 1. The van der Waals surface area contributed by atoms with Gasteiger partial charge in [0.15, 0.2) is 0 Å². The fourth-order valence-electron chi connectivity index (χ4n) is 2.51. The minimum absolute atomic E-state index is 0.299. The second kappa shape index (κ2) is 11.9. The third-order valence-electron chi connectivity index (χ3n) is 4.58. The number of methoxy groups -OCH3 is 1. The zero-order chi connectivity index (χ0) is 18.6. The number of carbonyl (C=O) groups excluding carboxylic acids is 1. The van der Waals surface area contributed by atoms with Gasteiger partial charge in [-0.15, -0.1) is 5.92 Å². The minimum atomic E-state index is -0.612. The van der Waals surface area contributed by atoms with Crippen LogP contribution in [0, 0.1) is 17.8 Å². The van der Waals surface area contributed by atoms with Crippen molar-refractivity contribution >= 4 is 5.97 Å². The summed E-state index contributed by atoms with van der Waals surface area (Å²) in [5, 5.41) is 10.5. The molecule has 0 aromatic heterocycles. The van der Waals surface area contributed by atoms with Crippen molar-refractivity contribution in [3.63, 3.8) is 0 Å². The van der Waals surface area contributed by atoms with Crippen LogP contribution in [0.15, 0.2) is 23.3 Å². The molecule has 0 aromatic rings. The summed E-state index contributed by atoms with van der Waals surface area (Å²) in [6.07, 6.45) is 8.91. The SMILES string of the molecule is CC#CC(=CCCC(C)=CC(=O)OC)CCCC(C)(O)C(C)CC. The Morgan fingerprint density at radius 3 is 2.58 bits per heavy atom. The first-order valence-electron chi connectivity index (χ1n) is 8.86. The zero-order valence-corrected chi connectivity index (χ0v) is 16.2. The maximum atomic E-state index is 11.2. The summed E-state index contributed by atoms with van der Waals surface area (Å²) in [4.78, 5) is 11.2. The molecule has 0 heterocycles. The van der Waals surface area contributed by atoms with Crippen LogP contribution in [0.5, 0.6) is 0 Å². The van der Waals surface area contributed by atoms with Crippen LogP contribution in [0.4, 0.5) is 0 Å². The lowest BCUT2D eigenvalue weighted by molar-refractivity contribution is -0.134. The Hall–Kier alpha value is -1.53. The van der Waals surface area contributed by atoms with Gasteiger partial charge in [-0.05, 0) is 64.4 Å². The number of carbonyl (C=O) groups is 1. The molecule has 0 aliphatic heterocycles. The Kier molecular flexibility index (Phi) is 11.2. The van der Waals surface area contributed by atoms with E-state index in [0.717, 1.165) is 49.7 Å². The number of allylic oxidation sites excluding steroid dienone is 3. The Morgan fingerprint density at radius 1 is 1.38 bits per heavy atom. The van der Waals surface area contributed by atoms with E-state index in [-0.39, 0.29) is 5.97 Å². The molecule has 2 unspecified atom stereocenters. The van der Waals surface area contributed by atoms with Gasteiger partial charge in [-0.2, -0.15) is 0 Å². The molecule has 3 heteroatoms. The molecule has 0 aliphatic rings. The van der Waals surface area contributed by atoms with Crippen molar-refractivity contribution < 1.29 is 14.6 Å². The second-order valence-electron chi connectivity index (χ2n) is 6.68. The predicted octanol–water partition coefficient (Wildman–Crippen LogP) is 4.80. The van der Waals surface area contributed by atoms with Crippen molar-refractivity contribution in [1.29, 1.82) is 0 Å². The smallest absolute Gasteiger partial charge is 0.330 e. The van der Waals surface area contributed by atoms with Crippen LogP contribution in [-0.2, 0) is 9.53 Å². The van der Waals surface area contributed by atoms with Crippen LogP contribution in [0.1, 0.15) is 73.1 Å². The van der Waals surface area contributed by atoms with Gasteiger partial charge >= 0.3 is 5.97 Å². The molecule has 0 rings (SSSR count). The van der Waals surface area contributed by atoms with Gasteiger partial charge in [-0.1, -0.05) is 37.8 Å². The minimum Gasteiger partial charge on any atom is -0.466 e. The molecule has 0 saturated heterocycles. The Morgan fingerprint density at radius 2 is 2.04 bits per heavy atom. The van der Waals surface area contributed by atoms with Crippen molar-refractivity contribution in [3.8, 4) is 11.8 Å². The molecule has 0 radical (unpaired) electrons. The lowest BCUT2D eigenvalue weighted by atomic mass is 9.84. The van der Waals surface area contributed by atoms with E-state index in [1.54, 1.807) is 0 Å². The number of esters is 1. The highest BCUT2D eigenvalue weighted by Crippen LogP contribution is 2.26. The Balaban J connectivity index is 4.52. The highest BCUT2D eigenvalue weighted by Gasteiger charge is 2.26. The zero-order valence-electron chi connectivity index (χ0n) is 16.2. The molecular weight excluding hydrogens is 300 g/mol. The van der Waals surface area contributed by atoms with E-state index in [1.165, 1.54) is 13.2 Å². The molecule has 0 aromatic carbocycles. The lowest BCUT2D eigenvalue weighted by Crippen LogP contribution is -2.32. The third-order valence-corrected chi connectivity index (χ3v) is 4.58. The van der Waals surface area contributed by atoms with Gasteiger partial charge < -0.3 is 9.84 Å². The summed E-state index contributed by atoms with van der Waals surface area (Å²) < 4.78 is 4.62. The molecule has 0 spiro atoms. The van der Waals surface area contributed by atoms with Crippen molar-refractivity contribution in [2.75, 3.05) is 7.11 Å². The first-order chi connectivity index (χ1) is 11.3. The number of rotatable bonds is 10. The molecule has 0 amide bonds. The molecule has 0 bridgehead atoms. The summed E-state index contributed by atoms with van der Waals surface area (Å²) in [5.74, 6) is 6.11. The van der Waals surface area contributed by atoms with Crippen LogP contribution in [0.25, 0.3) is 0 Å². The van der Waals surface area contributed by atoms with Gasteiger partial charge in [0, 0.05) is 6.08 Å². The van der Waals surface area contributed by atoms with Gasteiger partial charge in [-0.3, -0.25) is 0 Å². The molecule has 2 atom stereocenters. The van der Waals surface area contributed by atoms with Gasteiger partial charge in [0.2, 0.25) is 0 Å². The predicted molar refractivity (Wildman–Crippen MR) is 100 cm³/mol. The average molecular weight is 335 g/mol. The summed E-state index contributed by atoms with van der Waals surface area (Å²) in [6.45, 7) is 9.90. The second-order valence-corrected chi connectivity index (χ2v) is 6.68. The Bertz CT molecular complexity index is 501. The first-order valence-corrected chi connectivity index (χ1v) is 8.86. The number of hydrogen-bond donors (Lipinski definition) is 1. The van der Waals surface area contributed by atoms with Crippen molar-refractivity contribution in [3.05, 3.63) is 23.3 Å². The van der Waals surface area contributed by atoms with Crippen molar-refractivity contribution in [2.24, 2.45) is 5.92 Å². The molecule has 0 fully saturated rings. The molecular formula is C21H34O3. The Labute approximate surface area is 148 Å². The summed E-state index contributed by atoms with van der Waals surface area (Å²) in [7, 11) is 1.38. The molecule has 24 heavy (non-hydrogen) atoms. The van der Waals surface area contributed by atoms with Gasteiger partial charge in [0.05, 0.1) is 12.7 Å². The molecule has 1 N–H and O–H groups in total. The average Bonchev–Trinajstić information content (AvgIpc) is 2.53. The van der Waals surface area contributed by atoms with E-state index in [9.17, 15) is 9.90 Å². The van der Waals surface area contributed by atoms with Crippen molar-refractivity contribution in [1.82, 2.24) is 0 Å². The maximum absolute atomic E-state index is 11.2. The normalized spacial score (nSPS) is 16.0. The standard InChI is InChI=1S/C21H34O3/c1-7-11-19(13-9-12-17(3)16-20(22)24-6)14-10-15-21(5,23)18(4)8-2/h13,16,18,23H,8-10,12,14-15H2,1-6H3. The molecule has 0 aliphatic carbocycles. The lowest BCUT2D eigenvalue weighted by Gasteiger charge is -2.29. The van der Waals surface area contributed by atoms with E-state index in [4.69, 9.17) is 0 Å². The summed E-state index contributed by atoms with van der Waals surface area (Å²) >= 11 is 0. The summed E-state index contributed by atoms with van der Waals surface area (Å²) in [6, 6.07) is 0. The van der Waals surface area contributed by atoms with E-state index in [1.807, 2.05) is 20.8 Å². The third kappa shape index (κ3) is 9.57. The quantitative estimate of drug-likeness (QED) is 0.354. The van der Waals surface area contributed by atoms with E-state index < -0.39 is 5.60 Å². The van der Waals surface area contributed by atoms with Gasteiger partial charge in [0.1, 0.15) is 0 Å². The van der Waals surface area contributed by atoms with Crippen LogP contribution in [0.3, 0.4) is 0 Å². The number of hydrogen-bond acceptors (Lipinski definition) is 3. The highest BCUT2D eigenvalue weighted by atomic mass is 16.5. The monoisotopic (exact) mass is 334 g/mol. The first kappa shape index (κ1) is 22.5. The van der Waals surface area contributed by atoms with Crippen LogP contribution in [0.2, 0.25) is 0 Å². The molecule has 0 saturated carbocycles. The maximum Gasteiger partial charge on any atom is 0.330 e. The van der Waals surface area contributed by atoms with Crippen LogP contribution >= 0.6 is 0 Å². The van der Waals surface area contributed by atoms with Crippen LogP contribution in [-0.4, -0.2) is 23.8 Å². The highest BCUT2D eigenvalue weighted by molar-refractivity contribution is 5.82. The van der Waals surface area contributed by atoms with E-state index in [0.29, 0.717) is 5.92 Å². The van der Waals surface area contributed by atoms with Gasteiger partial charge in [0.25, 0.3) is 0 Å². The fraction of sp³-hybridized carbons (Fsp3) is 0.667. The topological polar surface area (TPSA) is 46.5 Å². The van der Waals surface area contributed by atoms with Gasteiger partial charge in [-0.25, -0.2) is 4.79 Å². The molecule has 136 valence electrons. The summed E-state index contributed by atoms with van der Waals surface area (Å²) in [5.41, 5.74) is 1.50. The number of ether oxygens (including phenoxy) is 1.